The highest BCUT2D eigenvalue weighted by Gasteiger charge is 2.20. The number of hydrogen-bond acceptors (Lipinski definition) is 3. The number of amides is 1. The Labute approximate surface area is 135 Å². The third-order valence-electron chi connectivity index (χ3n) is 3.74. The lowest BCUT2D eigenvalue weighted by atomic mass is 10.1. The van der Waals surface area contributed by atoms with Crippen LogP contribution in [0.5, 0.6) is 0 Å². The van der Waals surface area contributed by atoms with Crippen molar-refractivity contribution in [3.05, 3.63) is 35.4 Å². The zero-order valence-electron chi connectivity index (χ0n) is 12.6. The molecule has 7 heteroatoms. The first-order valence-corrected chi connectivity index (χ1v) is 7.22. The minimum Gasteiger partial charge on any atom is -0.355 e. The van der Waals surface area contributed by atoms with Crippen LogP contribution >= 0.6 is 12.4 Å². The number of piperazine rings is 1. The van der Waals surface area contributed by atoms with Crippen LogP contribution in [-0.2, 0) is 11.2 Å². The fraction of sp³-hybridized carbons (Fsp3) is 0.533. The Balaban J connectivity index is 0.00000242. The average Bonchev–Trinajstić information content (AvgIpc) is 2.45. The number of rotatable bonds is 5. The van der Waals surface area contributed by atoms with Gasteiger partial charge in [0.15, 0.2) is 0 Å². The molecule has 22 heavy (non-hydrogen) atoms. The lowest BCUT2D eigenvalue weighted by Crippen LogP contribution is -2.52. The summed E-state index contributed by atoms with van der Waals surface area (Å²) in [4.78, 5) is 13.9. The third-order valence-corrected chi connectivity index (χ3v) is 3.74. The molecular formula is C15H22ClF2N3O. The SMILES string of the molecule is C[C@@H]1CNCCN1CC(=O)NCCc1c(F)cccc1F.Cl. The summed E-state index contributed by atoms with van der Waals surface area (Å²) in [5.74, 6) is -1.25. The van der Waals surface area contributed by atoms with Crippen LogP contribution < -0.4 is 10.6 Å². The minimum absolute atomic E-state index is 0. The molecule has 0 bridgehead atoms. The van der Waals surface area contributed by atoms with Crippen LogP contribution in [0, 0.1) is 11.6 Å². The maximum Gasteiger partial charge on any atom is 0.234 e. The van der Waals surface area contributed by atoms with Crippen molar-refractivity contribution in [3.63, 3.8) is 0 Å². The molecule has 1 aromatic carbocycles. The zero-order valence-corrected chi connectivity index (χ0v) is 13.4. The number of nitrogens with zero attached hydrogens (tertiary/aromatic N) is 1. The van der Waals surface area contributed by atoms with E-state index < -0.39 is 11.6 Å². The van der Waals surface area contributed by atoms with Gasteiger partial charge in [0.05, 0.1) is 6.54 Å². The summed E-state index contributed by atoms with van der Waals surface area (Å²) < 4.78 is 26.9. The van der Waals surface area contributed by atoms with Crippen molar-refractivity contribution in [1.29, 1.82) is 0 Å². The molecule has 0 spiro atoms. The van der Waals surface area contributed by atoms with Gasteiger partial charge in [0, 0.05) is 37.8 Å². The quantitative estimate of drug-likeness (QED) is 0.854. The first kappa shape index (κ1) is 18.8. The van der Waals surface area contributed by atoms with E-state index in [-0.39, 0.29) is 36.8 Å². The van der Waals surface area contributed by atoms with Crippen LogP contribution in [0.3, 0.4) is 0 Å². The number of halogens is 3. The molecule has 1 aliphatic rings. The van der Waals surface area contributed by atoms with Gasteiger partial charge in [-0.1, -0.05) is 6.07 Å². The molecule has 1 saturated heterocycles. The Bertz CT molecular complexity index is 481. The highest BCUT2D eigenvalue weighted by atomic mass is 35.5. The average molecular weight is 334 g/mol. The van der Waals surface area contributed by atoms with E-state index in [0.717, 1.165) is 19.6 Å². The Hall–Kier alpha value is -1.24. The van der Waals surface area contributed by atoms with Gasteiger partial charge >= 0.3 is 0 Å². The van der Waals surface area contributed by atoms with Crippen LogP contribution in [0.4, 0.5) is 8.78 Å². The van der Waals surface area contributed by atoms with Gasteiger partial charge in [0.2, 0.25) is 5.91 Å². The summed E-state index contributed by atoms with van der Waals surface area (Å²) >= 11 is 0. The summed E-state index contributed by atoms with van der Waals surface area (Å²) in [5.41, 5.74) is 0.0216. The monoisotopic (exact) mass is 333 g/mol. The number of nitrogens with one attached hydrogen (secondary N) is 2. The summed E-state index contributed by atoms with van der Waals surface area (Å²) in [7, 11) is 0. The first-order chi connectivity index (χ1) is 10.1. The lowest BCUT2D eigenvalue weighted by Gasteiger charge is -2.33. The predicted molar refractivity (Wildman–Crippen MR) is 84.2 cm³/mol. The maximum absolute atomic E-state index is 13.4. The molecule has 2 rings (SSSR count). The van der Waals surface area contributed by atoms with Crippen molar-refractivity contribution in [3.8, 4) is 0 Å². The van der Waals surface area contributed by atoms with E-state index >= 15 is 0 Å². The molecule has 1 atom stereocenters. The molecule has 1 fully saturated rings. The van der Waals surface area contributed by atoms with Gasteiger partial charge in [-0.15, -0.1) is 12.4 Å². The van der Waals surface area contributed by atoms with Crippen LogP contribution in [0.25, 0.3) is 0 Å². The van der Waals surface area contributed by atoms with Gasteiger partial charge in [-0.2, -0.15) is 0 Å². The number of carbonyl (C=O) groups excluding carboxylic acids is 1. The molecule has 1 heterocycles. The molecule has 0 saturated carbocycles. The van der Waals surface area contributed by atoms with E-state index in [2.05, 4.69) is 22.5 Å². The Morgan fingerprint density at radius 2 is 2.09 bits per heavy atom. The van der Waals surface area contributed by atoms with Crippen molar-refractivity contribution in [2.75, 3.05) is 32.7 Å². The molecule has 2 N–H and O–H groups in total. The van der Waals surface area contributed by atoms with Crippen molar-refractivity contribution in [1.82, 2.24) is 15.5 Å². The van der Waals surface area contributed by atoms with Crippen molar-refractivity contribution < 1.29 is 13.6 Å². The van der Waals surface area contributed by atoms with E-state index in [0.29, 0.717) is 12.6 Å². The minimum atomic E-state index is -0.569. The molecule has 0 aliphatic carbocycles. The molecule has 0 radical (unpaired) electrons. The molecule has 124 valence electrons. The summed E-state index contributed by atoms with van der Waals surface area (Å²) in [5, 5.41) is 5.98. The summed E-state index contributed by atoms with van der Waals surface area (Å²) in [6.07, 6.45) is 0.154. The van der Waals surface area contributed by atoms with Crippen molar-refractivity contribution in [2.45, 2.75) is 19.4 Å². The fourth-order valence-corrected chi connectivity index (χ4v) is 2.46. The molecule has 0 aromatic heterocycles. The molecule has 1 aromatic rings. The molecule has 1 aliphatic heterocycles. The van der Waals surface area contributed by atoms with E-state index in [1.807, 2.05) is 0 Å². The third kappa shape index (κ3) is 5.19. The van der Waals surface area contributed by atoms with Gasteiger partial charge < -0.3 is 10.6 Å². The number of hydrogen-bond donors (Lipinski definition) is 2. The van der Waals surface area contributed by atoms with E-state index in [1.54, 1.807) is 0 Å². The van der Waals surface area contributed by atoms with Gasteiger partial charge in [-0.05, 0) is 25.5 Å². The number of benzene rings is 1. The van der Waals surface area contributed by atoms with Crippen LogP contribution in [-0.4, -0.2) is 49.6 Å². The van der Waals surface area contributed by atoms with E-state index in [9.17, 15) is 13.6 Å². The summed E-state index contributed by atoms with van der Waals surface area (Å²) in [6, 6.07) is 4.10. The highest BCUT2D eigenvalue weighted by molar-refractivity contribution is 5.85. The smallest absolute Gasteiger partial charge is 0.234 e. The second-order valence-corrected chi connectivity index (χ2v) is 5.32. The zero-order chi connectivity index (χ0) is 15.2. The van der Waals surface area contributed by atoms with Crippen molar-refractivity contribution >= 4 is 18.3 Å². The standard InChI is InChI=1S/C15H21F2N3O.ClH/c1-11-9-18-7-8-20(11)10-15(21)19-6-5-12-13(16)3-2-4-14(12)17;/h2-4,11,18H,5-10H2,1H3,(H,19,21);1H/t11-;/m1./s1. The van der Waals surface area contributed by atoms with Crippen molar-refractivity contribution in [2.24, 2.45) is 0 Å². The Morgan fingerprint density at radius 3 is 2.73 bits per heavy atom. The van der Waals surface area contributed by atoms with Crippen LogP contribution in [0.1, 0.15) is 12.5 Å². The van der Waals surface area contributed by atoms with Gasteiger partial charge in [0.25, 0.3) is 0 Å². The van der Waals surface area contributed by atoms with E-state index in [1.165, 1.54) is 18.2 Å². The summed E-state index contributed by atoms with van der Waals surface area (Å²) in [6.45, 7) is 5.19. The maximum atomic E-state index is 13.4. The Morgan fingerprint density at radius 1 is 1.41 bits per heavy atom. The fourth-order valence-electron chi connectivity index (χ4n) is 2.46. The largest absolute Gasteiger partial charge is 0.355 e. The van der Waals surface area contributed by atoms with Crippen LogP contribution in [0.2, 0.25) is 0 Å². The molecule has 0 unspecified atom stereocenters. The molecule has 1 amide bonds. The van der Waals surface area contributed by atoms with Gasteiger partial charge in [-0.25, -0.2) is 8.78 Å². The molecular weight excluding hydrogens is 312 g/mol. The topological polar surface area (TPSA) is 44.4 Å². The normalized spacial score (nSPS) is 18.6. The number of carbonyl (C=O) groups is 1. The first-order valence-electron chi connectivity index (χ1n) is 7.22. The van der Waals surface area contributed by atoms with Crippen LogP contribution in [0.15, 0.2) is 18.2 Å². The van der Waals surface area contributed by atoms with Gasteiger partial charge in [0.1, 0.15) is 11.6 Å². The van der Waals surface area contributed by atoms with E-state index in [4.69, 9.17) is 0 Å². The highest BCUT2D eigenvalue weighted by Crippen LogP contribution is 2.12. The van der Waals surface area contributed by atoms with Gasteiger partial charge in [-0.3, -0.25) is 9.69 Å². The molecule has 4 nitrogen and oxygen atoms in total. The second-order valence-electron chi connectivity index (χ2n) is 5.32. The Kier molecular flexibility index (Phi) is 7.72. The predicted octanol–water partition coefficient (Wildman–Crippen LogP) is 1.34. The lowest BCUT2D eigenvalue weighted by molar-refractivity contribution is -0.122. The second kappa shape index (κ2) is 9.02.